The van der Waals surface area contributed by atoms with E-state index in [1.807, 2.05) is 0 Å². The fraction of sp³-hybridized carbons (Fsp3) is 0.818. The molecule has 1 aliphatic heterocycles. The van der Waals surface area contributed by atoms with E-state index in [4.69, 9.17) is 9.84 Å². The lowest BCUT2D eigenvalue weighted by Gasteiger charge is -2.15. The van der Waals surface area contributed by atoms with E-state index in [1.54, 1.807) is 0 Å². The van der Waals surface area contributed by atoms with Crippen LogP contribution in [0, 0.1) is 0 Å². The Balaban J connectivity index is 2.47. The van der Waals surface area contributed by atoms with Gasteiger partial charge in [-0.3, -0.25) is 4.79 Å². The standard InChI is InChI=1S/C11H18O6/c1-16-9(13)7-11(15)6-8(17-10(11)14)4-2-3-5-12/h8,12,15H,2-7H2,1H3/t8-,11+/m1/s1. The Bertz CT molecular complexity index is 290. The van der Waals surface area contributed by atoms with Crippen LogP contribution in [0.1, 0.15) is 32.1 Å². The molecule has 6 heteroatoms. The molecule has 0 unspecified atom stereocenters. The third kappa shape index (κ3) is 3.67. The summed E-state index contributed by atoms with van der Waals surface area (Å²) in [4.78, 5) is 22.5. The number of cyclic esters (lactones) is 1. The molecule has 0 spiro atoms. The first-order valence-electron chi connectivity index (χ1n) is 5.63. The number of hydrogen-bond acceptors (Lipinski definition) is 6. The first-order valence-corrected chi connectivity index (χ1v) is 5.63. The highest BCUT2D eigenvalue weighted by atomic mass is 16.6. The van der Waals surface area contributed by atoms with Gasteiger partial charge in [0.25, 0.3) is 0 Å². The van der Waals surface area contributed by atoms with Gasteiger partial charge in [-0.1, -0.05) is 0 Å². The third-order valence-electron chi connectivity index (χ3n) is 2.82. The molecule has 0 saturated carbocycles. The van der Waals surface area contributed by atoms with Gasteiger partial charge >= 0.3 is 11.9 Å². The largest absolute Gasteiger partial charge is 0.469 e. The number of methoxy groups -OCH3 is 1. The van der Waals surface area contributed by atoms with E-state index in [9.17, 15) is 14.7 Å². The zero-order valence-corrected chi connectivity index (χ0v) is 9.85. The van der Waals surface area contributed by atoms with Crippen LogP contribution in [0.25, 0.3) is 0 Å². The number of rotatable bonds is 6. The molecule has 2 atom stereocenters. The monoisotopic (exact) mass is 246 g/mol. The molecule has 0 bridgehead atoms. The van der Waals surface area contributed by atoms with E-state index < -0.39 is 17.5 Å². The second kappa shape index (κ2) is 5.97. The summed E-state index contributed by atoms with van der Waals surface area (Å²) in [6, 6.07) is 0. The van der Waals surface area contributed by atoms with E-state index in [0.29, 0.717) is 19.3 Å². The molecule has 0 radical (unpaired) electrons. The minimum Gasteiger partial charge on any atom is -0.469 e. The average Bonchev–Trinajstić information content (AvgIpc) is 2.54. The minimum atomic E-state index is -1.75. The molecule has 2 N–H and O–H groups in total. The Kier molecular flexibility index (Phi) is 4.89. The van der Waals surface area contributed by atoms with Crippen LogP contribution in [0.3, 0.4) is 0 Å². The van der Waals surface area contributed by atoms with Crippen LogP contribution in [-0.2, 0) is 19.1 Å². The molecule has 1 saturated heterocycles. The van der Waals surface area contributed by atoms with E-state index in [0.717, 1.165) is 0 Å². The van der Waals surface area contributed by atoms with Crippen molar-refractivity contribution < 1.29 is 29.3 Å². The van der Waals surface area contributed by atoms with Crippen LogP contribution >= 0.6 is 0 Å². The molecule has 1 fully saturated rings. The van der Waals surface area contributed by atoms with E-state index >= 15 is 0 Å². The predicted octanol–water partition coefficient (Wildman–Crippen LogP) is -0.241. The number of unbranched alkanes of at least 4 members (excludes halogenated alkanes) is 1. The zero-order valence-electron chi connectivity index (χ0n) is 9.85. The summed E-state index contributed by atoms with van der Waals surface area (Å²) in [6.45, 7) is 0.0904. The van der Waals surface area contributed by atoms with Crippen molar-refractivity contribution in [3.05, 3.63) is 0 Å². The molecular formula is C11H18O6. The van der Waals surface area contributed by atoms with Crippen LogP contribution < -0.4 is 0 Å². The number of aliphatic hydroxyl groups excluding tert-OH is 1. The summed E-state index contributed by atoms with van der Waals surface area (Å²) in [7, 11) is 1.20. The van der Waals surface area contributed by atoms with E-state index in [-0.39, 0.29) is 25.6 Å². The van der Waals surface area contributed by atoms with Gasteiger partial charge in [0.05, 0.1) is 13.5 Å². The smallest absolute Gasteiger partial charge is 0.339 e. The first kappa shape index (κ1) is 13.9. The molecule has 98 valence electrons. The second-order valence-electron chi connectivity index (χ2n) is 4.24. The van der Waals surface area contributed by atoms with Gasteiger partial charge < -0.3 is 19.7 Å². The van der Waals surface area contributed by atoms with Crippen LogP contribution in [0.4, 0.5) is 0 Å². The quantitative estimate of drug-likeness (QED) is 0.496. The summed E-state index contributed by atoms with van der Waals surface area (Å²) in [5, 5.41) is 18.6. The van der Waals surface area contributed by atoms with Gasteiger partial charge in [-0.05, 0) is 19.3 Å². The zero-order chi connectivity index (χ0) is 12.9. The first-order chi connectivity index (χ1) is 8.01. The van der Waals surface area contributed by atoms with Gasteiger partial charge in [0, 0.05) is 13.0 Å². The highest BCUT2D eigenvalue weighted by Gasteiger charge is 2.49. The normalized spacial score (nSPS) is 27.9. The van der Waals surface area contributed by atoms with Crippen molar-refractivity contribution in [2.75, 3.05) is 13.7 Å². The van der Waals surface area contributed by atoms with Gasteiger partial charge in [0.2, 0.25) is 0 Å². The van der Waals surface area contributed by atoms with E-state index in [2.05, 4.69) is 4.74 Å². The molecule has 17 heavy (non-hydrogen) atoms. The van der Waals surface area contributed by atoms with Crippen LogP contribution in [0.2, 0.25) is 0 Å². The molecular weight excluding hydrogens is 228 g/mol. The van der Waals surface area contributed by atoms with Crippen LogP contribution in [-0.4, -0.2) is 47.6 Å². The van der Waals surface area contributed by atoms with Gasteiger partial charge in [-0.2, -0.15) is 0 Å². The number of ether oxygens (including phenoxy) is 2. The fourth-order valence-corrected chi connectivity index (χ4v) is 1.86. The van der Waals surface area contributed by atoms with E-state index in [1.165, 1.54) is 7.11 Å². The summed E-state index contributed by atoms with van der Waals surface area (Å²) in [5.74, 6) is -1.41. The van der Waals surface area contributed by atoms with Gasteiger partial charge in [-0.15, -0.1) is 0 Å². The highest BCUT2D eigenvalue weighted by Crippen LogP contribution is 2.31. The van der Waals surface area contributed by atoms with Crippen LogP contribution in [0.15, 0.2) is 0 Å². The predicted molar refractivity (Wildman–Crippen MR) is 57.0 cm³/mol. The summed E-state index contributed by atoms with van der Waals surface area (Å²) in [6.07, 6.45) is 1.26. The molecule has 0 aromatic rings. The number of aliphatic hydroxyl groups is 2. The lowest BCUT2D eigenvalue weighted by atomic mass is 9.94. The summed E-state index contributed by atoms with van der Waals surface area (Å²) < 4.78 is 9.41. The van der Waals surface area contributed by atoms with Crippen LogP contribution in [0.5, 0.6) is 0 Å². The maximum atomic E-state index is 11.5. The number of carbonyl (C=O) groups excluding carboxylic acids is 2. The Morgan fingerprint density at radius 3 is 2.88 bits per heavy atom. The molecule has 0 amide bonds. The topological polar surface area (TPSA) is 93.1 Å². The third-order valence-corrected chi connectivity index (χ3v) is 2.82. The van der Waals surface area contributed by atoms with Crippen molar-refractivity contribution in [1.82, 2.24) is 0 Å². The molecule has 1 heterocycles. The second-order valence-corrected chi connectivity index (χ2v) is 4.24. The van der Waals surface area contributed by atoms with Crippen molar-refractivity contribution in [3.8, 4) is 0 Å². The average molecular weight is 246 g/mol. The summed E-state index contributed by atoms with van der Waals surface area (Å²) >= 11 is 0. The molecule has 6 nitrogen and oxygen atoms in total. The molecule has 1 aliphatic rings. The van der Waals surface area contributed by atoms with Crippen molar-refractivity contribution in [2.45, 2.75) is 43.8 Å². The highest BCUT2D eigenvalue weighted by molar-refractivity contribution is 5.87. The lowest BCUT2D eigenvalue weighted by Crippen LogP contribution is -2.37. The Morgan fingerprint density at radius 2 is 2.29 bits per heavy atom. The van der Waals surface area contributed by atoms with Crippen molar-refractivity contribution >= 4 is 11.9 Å². The summed E-state index contributed by atoms with van der Waals surface area (Å²) in [5.41, 5.74) is -1.75. The minimum absolute atomic E-state index is 0.0904. The molecule has 0 aromatic carbocycles. The Hall–Kier alpha value is -1.14. The lowest BCUT2D eigenvalue weighted by molar-refractivity contribution is -0.161. The Morgan fingerprint density at radius 1 is 1.59 bits per heavy atom. The molecule has 0 aliphatic carbocycles. The van der Waals surface area contributed by atoms with Gasteiger partial charge in [0.15, 0.2) is 5.60 Å². The van der Waals surface area contributed by atoms with Gasteiger partial charge in [-0.25, -0.2) is 4.79 Å². The number of esters is 2. The number of carbonyl (C=O) groups is 2. The number of hydrogen-bond donors (Lipinski definition) is 2. The molecule has 1 rings (SSSR count). The van der Waals surface area contributed by atoms with Crippen molar-refractivity contribution in [3.63, 3.8) is 0 Å². The van der Waals surface area contributed by atoms with Crippen molar-refractivity contribution in [2.24, 2.45) is 0 Å². The molecule has 0 aromatic heterocycles. The maximum absolute atomic E-state index is 11.5. The maximum Gasteiger partial charge on any atom is 0.339 e. The van der Waals surface area contributed by atoms with Gasteiger partial charge in [0.1, 0.15) is 6.10 Å². The SMILES string of the molecule is COC(=O)C[C@@]1(O)C[C@@H](CCCCO)OC1=O. The van der Waals surface area contributed by atoms with Crippen molar-refractivity contribution in [1.29, 1.82) is 0 Å². The fourth-order valence-electron chi connectivity index (χ4n) is 1.86. The Labute approximate surface area is 99.5 Å².